The van der Waals surface area contributed by atoms with E-state index in [1.165, 1.54) is 0 Å². The fourth-order valence-electron chi connectivity index (χ4n) is 1.13. The van der Waals surface area contributed by atoms with E-state index < -0.39 is 0 Å². The highest BCUT2D eigenvalue weighted by atomic mass is 79.9. The minimum atomic E-state index is 0.357. The average Bonchev–Trinajstić information content (AvgIpc) is 2.23. The molecule has 0 bridgehead atoms. The van der Waals surface area contributed by atoms with Gasteiger partial charge in [-0.3, -0.25) is 0 Å². The third-order valence-electron chi connectivity index (χ3n) is 1.95. The van der Waals surface area contributed by atoms with E-state index in [2.05, 4.69) is 39.7 Å². The predicted molar refractivity (Wildman–Crippen MR) is 71.0 cm³/mol. The van der Waals surface area contributed by atoms with Gasteiger partial charge in [-0.15, -0.1) is 11.8 Å². The largest absolute Gasteiger partial charge is 0.385 e. The molecule has 1 aromatic heterocycles. The number of nitrogens with zero attached hydrogens (tertiary/aromatic N) is 2. The van der Waals surface area contributed by atoms with Crippen LogP contribution in [0.15, 0.2) is 15.7 Å². The molecule has 90 valence electrons. The maximum absolute atomic E-state index is 5.01. The molecule has 0 fully saturated rings. The molecule has 1 heterocycles. The molecule has 0 unspecified atom stereocenters. The summed E-state index contributed by atoms with van der Waals surface area (Å²) in [6.45, 7) is 5.00. The lowest BCUT2D eigenvalue weighted by molar-refractivity contribution is 0.200. The number of halogens is 1. The van der Waals surface area contributed by atoms with E-state index in [1.54, 1.807) is 18.9 Å². The molecule has 0 spiro atoms. The van der Waals surface area contributed by atoms with E-state index in [1.807, 2.05) is 6.07 Å². The third kappa shape index (κ3) is 4.80. The van der Waals surface area contributed by atoms with Crippen LogP contribution in [-0.2, 0) is 4.74 Å². The molecule has 1 aromatic rings. The Morgan fingerprint density at radius 1 is 1.44 bits per heavy atom. The summed E-state index contributed by atoms with van der Waals surface area (Å²) in [5.41, 5.74) is 0. The number of aromatic nitrogens is 2. The van der Waals surface area contributed by atoms with Gasteiger partial charge in [0, 0.05) is 31.5 Å². The Morgan fingerprint density at radius 2 is 2.19 bits per heavy atom. The molecular weight excluding hydrogens is 288 g/mol. The maximum atomic E-state index is 5.01. The first-order valence-electron chi connectivity index (χ1n) is 5.29. The molecule has 5 heteroatoms. The van der Waals surface area contributed by atoms with E-state index in [0.717, 1.165) is 34.2 Å². The summed E-state index contributed by atoms with van der Waals surface area (Å²) in [6, 6.07) is 1.96. The lowest BCUT2D eigenvalue weighted by atomic mass is 10.2. The first-order chi connectivity index (χ1) is 7.63. The van der Waals surface area contributed by atoms with Gasteiger partial charge in [-0.05, 0) is 22.4 Å². The Kier molecular flexibility index (Phi) is 6.31. The molecule has 0 N–H and O–H groups in total. The Bertz CT molecular complexity index is 334. The SMILES string of the molecule is COCCCSc1cc(Br)nc(C(C)C)n1. The summed E-state index contributed by atoms with van der Waals surface area (Å²) in [4.78, 5) is 8.86. The van der Waals surface area contributed by atoms with Gasteiger partial charge in [-0.2, -0.15) is 0 Å². The molecule has 1 rings (SSSR count). The molecule has 0 saturated carbocycles. The van der Waals surface area contributed by atoms with Crippen molar-refractivity contribution in [2.24, 2.45) is 0 Å². The van der Waals surface area contributed by atoms with Crippen LogP contribution in [0.1, 0.15) is 32.0 Å². The van der Waals surface area contributed by atoms with E-state index >= 15 is 0 Å². The highest BCUT2D eigenvalue weighted by Crippen LogP contribution is 2.22. The molecule has 0 radical (unpaired) electrons. The van der Waals surface area contributed by atoms with Crippen LogP contribution in [0.5, 0.6) is 0 Å². The Morgan fingerprint density at radius 3 is 2.81 bits per heavy atom. The van der Waals surface area contributed by atoms with Crippen molar-refractivity contribution in [1.82, 2.24) is 9.97 Å². The van der Waals surface area contributed by atoms with Gasteiger partial charge < -0.3 is 4.74 Å². The topological polar surface area (TPSA) is 35.0 Å². The van der Waals surface area contributed by atoms with Crippen LogP contribution >= 0.6 is 27.7 Å². The molecule has 16 heavy (non-hydrogen) atoms. The minimum absolute atomic E-state index is 0.357. The molecule has 0 amide bonds. The highest BCUT2D eigenvalue weighted by molar-refractivity contribution is 9.10. The molecule has 0 aromatic carbocycles. The average molecular weight is 305 g/mol. The van der Waals surface area contributed by atoms with Crippen molar-refractivity contribution >= 4 is 27.7 Å². The summed E-state index contributed by atoms with van der Waals surface area (Å²) in [7, 11) is 1.73. The van der Waals surface area contributed by atoms with Gasteiger partial charge in [0.1, 0.15) is 15.5 Å². The molecule has 0 aliphatic heterocycles. The van der Waals surface area contributed by atoms with Crippen LogP contribution in [0.4, 0.5) is 0 Å². The van der Waals surface area contributed by atoms with Crippen LogP contribution < -0.4 is 0 Å². The summed E-state index contributed by atoms with van der Waals surface area (Å²) >= 11 is 5.16. The first-order valence-corrected chi connectivity index (χ1v) is 7.07. The Labute approximate surface area is 110 Å². The van der Waals surface area contributed by atoms with E-state index in [0.29, 0.717) is 5.92 Å². The molecule has 0 aliphatic rings. The fourth-order valence-corrected chi connectivity index (χ4v) is 2.50. The monoisotopic (exact) mass is 304 g/mol. The quantitative estimate of drug-likeness (QED) is 0.458. The number of hydrogen-bond donors (Lipinski definition) is 0. The second-order valence-electron chi connectivity index (χ2n) is 3.74. The summed E-state index contributed by atoms with van der Waals surface area (Å²) in [6.07, 6.45) is 1.04. The number of ether oxygens (including phenoxy) is 1. The summed E-state index contributed by atoms with van der Waals surface area (Å²) < 4.78 is 5.87. The molecule has 0 atom stereocenters. The van der Waals surface area contributed by atoms with Crippen LogP contribution in [0, 0.1) is 0 Å². The zero-order valence-electron chi connectivity index (χ0n) is 9.86. The molecule has 0 saturated heterocycles. The minimum Gasteiger partial charge on any atom is -0.385 e. The van der Waals surface area contributed by atoms with E-state index in [4.69, 9.17) is 4.74 Å². The predicted octanol–water partition coefficient (Wildman–Crippen LogP) is 3.49. The van der Waals surface area contributed by atoms with Crippen molar-refractivity contribution in [3.05, 3.63) is 16.5 Å². The second kappa shape index (κ2) is 7.25. The van der Waals surface area contributed by atoms with Gasteiger partial charge in [-0.1, -0.05) is 13.8 Å². The van der Waals surface area contributed by atoms with Crippen molar-refractivity contribution in [3.8, 4) is 0 Å². The van der Waals surface area contributed by atoms with Crippen molar-refractivity contribution in [3.63, 3.8) is 0 Å². The number of thioether (sulfide) groups is 1. The van der Waals surface area contributed by atoms with Gasteiger partial charge in [-0.25, -0.2) is 9.97 Å². The van der Waals surface area contributed by atoms with Crippen molar-refractivity contribution in [1.29, 1.82) is 0 Å². The second-order valence-corrected chi connectivity index (χ2v) is 5.66. The zero-order chi connectivity index (χ0) is 12.0. The van der Waals surface area contributed by atoms with Crippen LogP contribution in [0.25, 0.3) is 0 Å². The van der Waals surface area contributed by atoms with Gasteiger partial charge in [0.2, 0.25) is 0 Å². The summed E-state index contributed by atoms with van der Waals surface area (Å²) in [5.74, 6) is 2.27. The van der Waals surface area contributed by atoms with Gasteiger partial charge >= 0.3 is 0 Å². The Hall–Kier alpha value is -0.130. The normalized spacial score (nSPS) is 11.1. The number of rotatable bonds is 6. The standard InChI is InChI=1S/C11H17BrN2OS/c1-8(2)11-13-9(12)7-10(14-11)16-6-4-5-15-3/h7-8H,4-6H2,1-3H3. The lowest BCUT2D eigenvalue weighted by Crippen LogP contribution is -1.99. The maximum Gasteiger partial charge on any atom is 0.133 e. The number of hydrogen-bond acceptors (Lipinski definition) is 4. The highest BCUT2D eigenvalue weighted by Gasteiger charge is 2.06. The zero-order valence-corrected chi connectivity index (χ0v) is 12.3. The van der Waals surface area contributed by atoms with Gasteiger partial charge in [0.25, 0.3) is 0 Å². The first kappa shape index (κ1) is 13.9. The Balaban J connectivity index is 2.58. The van der Waals surface area contributed by atoms with Crippen LogP contribution in [-0.4, -0.2) is 29.4 Å². The number of methoxy groups -OCH3 is 1. The molecule has 3 nitrogen and oxygen atoms in total. The van der Waals surface area contributed by atoms with Crippen molar-refractivity contribution < 1.29 is 4.74 Å². The van der Waals surface area contributed by atoms with Crippen LogP contribution in [0.3, 0.4) is 0 Å². The van der Waals surface area contributed by atoms with Crippen LogP contribution in [0.2, 0.25) is 0 Å². The smallest absolute Gasteiger partial charge is 0.133 e. The van der Waals surface area contributed by atoms with Gasteiger partial charge in [0.15, 0.2) is 0 Å². The van der Waals surface area contributed by atoms with Gasteiger partial charge in [0.05, 0.1) is 0 Å². The molecule has 0 aliphatic carbocycles. The van der Waals surface area contributed by atoms with E-state index in [9.17, 15) is 0 Å². The molecular formula is C11H17BrN2OS. The van der Waals surface area contributed by atoms with Crippen molar-refractivity contribution in [2.45, 2.75) is 31.2 Å². The lowest BCUT2D eigenvalue weighted by Gasteiger charge is -2.07. The van der Waals surface area contributed by atoms with Crippen molar-refractivity contribution in [2.75, 3.05) is 19.5 Å². The van der Waals surface area contributed by atoms with E-state index in [-0.39, 0.29) is 0 Å². The third-order valence-corrected chi connectivity index (χ3v) is 3.35. The fraction of sp³-hybridized carbons (Fsp3) is 0.636. The summed E-state index contributed by atoms with van der Waals surface area (Å²) in [5, 5.41) is 1.03.